The van der Waals surface area contributed by atoms with Gasteiger partial charge in [-0.15, -0.1) is 11.6 Å². The van der Waals surface area contributed by atoms with Crippen LogP contribution in [0, 0.1) is 5.92 Å². The molecule has 0 aliphatic carbocycles. The number of benzene rings is 1. The number of carbonyl (C=O) groups excluding carboxylic acids is 1. The van der Waals surface area contributed by atoms with Gasteiger partial charge in [0.25, 0.3) is 0 Å². The van der Waals surface area contributed by atoms with E-state index in [2.05, 4.69) is 0 Å². The molecule has 0 radical (unpaired) electrons. The maximum atomic E-state index is 11.7. The van der Waals surface area contributed by atoms with E-state index in [4.69, 9.17) is 16.7 Å². The second-order valence-corrected chi connectivity index (χ2v) is 4.39. The number of carbonyl (C=O) groups is 2. The molecule has 1 N–H and O–H groups in total. The van der Waals surface area contributed by atoms with Gasteiger partial charge in [-0.3, -0.25) is 4.79 Å². The van der Waals surface area contributed by atoms with Crippen LogP contribution >= 0.6 is 11.6 Å². The second-order valence-electron chi connectivity index (χ2n) is 4.08. The number of aromatic carboxylic acids is 1. The molecule has 5 heteroatoms. The van der Waals surface area contributed by atoms with Gasteiger partial charge in [0.1, 0.15) is 0 Å². The minimum Gasteiger partial charge on any atom is -0.478 e. The number of rotatable bonds is 3. The molecule has 1 aromatic carbocycles. The van der Waals surface area contributed by atoms with E-state index < -0.39 is 5.97 Å². The first-order valence-electron chi connectivity index (χ1n) is 5.31. The molecule has 0 bridgehead atoms. The van der Waals surface area contributed by atoms with Crippen LogP contribution in [0.2, 0.25) is 0 Å². The molecule has 1 unspecified atom stereocenters. The van der Waals surface area contributed by atoms with Crippen molar-refractivity contribution in [1.29, 1.82) is 0 Å². The lowest BCUT2D eigenvalue weighted by Gasteiger charge is -2.16. The highest BCUT2D eigenvalue weighted by Gasteiger charge is 2.30. The van der Waals surface area contributed by atoms with Crippen molar-refractivity contribution in [2.75, 3.05) is 17.3 Å². The highest BCUT2D eigenvalue weighted by molar-refractivity contribution is 6.18. The fourth-order valence-electron chi connectivity index (χ4n) is 1.94. The van der Waals surface area contributed by atoms with Crippen molar-refractivity contribution in [3.63, 3.8) is 0 Å². The standard InChI is InChI=1S/C12H12ClNO3/c13-6-8-4-11(15)14(7-8)10-3-1-2-9(5-10)12(16)17/h1-3,5,8H,4,6-7H2,(H,16,17). The highest BCUT2D eigenvalue weighted by Crippen LogP contribution is 2.26. The van der Waals surface area contributed by atoms with Gasteiger partial charge in [-0.2, -0.15) is 0 Å². The van der Waals surface area contributed by atoms with Gasteiger partial charge in [-0.25, -0.2) is 4.79 Å². The van der Waals surface area contributed by atoms with Crippen LogP contribution in [0.15, 0.2) is 24.3 Å². The maximum Gasteiger partial charge on any atom is 0.335 e. The molecule has 90 valence electrons. The Hall–Kier alpha value is -1.55. The summed E-state index contributed by atoms with van der Waals surface area (Å²) >= 11 is 5.73. The molecule has 1 heterocycles. The molecule has 1 aliphatic rings. The molecule has 1 atom stereocenters. The summed E-state index contributed by atoms with van der Waals surface area (Å²) in [6, 6.07) is 6.39. The van der Waals surface area contributed by atoms with E-state index >= 15 is 0 Å². The van der Waals surface area contributed by atoms with Crippen LogP contribution in [0.25, 0.3) is 0 Å². The Morgan fingerprint density at radius 2 is 2.29 bits per heavy atom. The average Bonchev–Trinajstić information content (AvgIpc) is 2.71. The third-order valence-corrected chi connectivity index (χ3v) is 3.26. The minimum atomic E-state index is -0.993. The molecule has 1 saturated heterocycles. The SMILES string of the molecule is O=C(O)c1cccc(N2CC(CCl)CC2=O)c1. The lowest BCUT2D eigenvalue weighted by molar-refractivity contribution is -0.117. The average molecular weight is 254 g/mol. The van der Waals surface area contributed by atoms with Crippen LogP contribution in [0.5, 0.6) is 0 Å². The zero-order valence-electron chi connectivity index (χ0n) is 9.10. The monoisotopic (exact) mass is 253 g/mol. The summed E-state index contributed by atoms with van der Waals surface area (Å²) in [5, 5.41) is 8.89. The molecule has 0 spiro atoms. The fourth-order valence-corrected chi connectivity index (χ4v) is 2.15. The Morgan fingerprint density at radius 1 is 1.53 bits per heavy atom. The van der Waals surface area contributed by atoms with Gasteiger partial charge in [0.05, 0.1) is 5.56 Å². The van der Waals surface area contributed by atoms with Crippen molar-refractivity contribution < 1.29 is 14.7 Å². The lowest BCUT2D eigenvalue weighted by atomic mass is 10.1. The first-order chi connectivity index (χ1) is 8.11. The van der Waals surface area contributed by atoms with E-state index in [0.717, 1.165) is 0 Å². The van der Waals surface area contributed by atoms with Crippen molar-refractivity contribution in [2.24, 2.45) is 5.92 Å². The summed E-state index contributed by atoms with van der Waals surface area (Å²) in [5.74, 6) is -0.399. The summed E-state index contributed by atoms with van der Waals surface area (Å²) in [5.41, 5.74) is 0.812. The summed E-state index contributed by atoms with van der Waals surface area (Å²) in [6.07, 6.45) is 0.431. The number of carboxylic acid groups (broad SMARTS) is 1. The van der Waals surface area contributed by atoms with Crippen LogP contribution in [0.1, 0.15) is 16.8 Å². The molecule has 0 aromatic heterocycles. The van der Waals surface area contributed by atoms with Crippen LogP contribution in [0.3, 0.4) is 0 Å². The van der Waals surface area contributed by atoms with Crippen LogP contribution in [-0.4, -0.2) is 29.4 Å². The van der Waals surface area contributed by atoms with Crippen LogP contribution in [0.4, 0.5) is 5.69 Å². The molecule has 1 amide bonds. The lowest BCUT2D eigenvalue weighted by Crippen LogP contribution is -2.24. The number of nitrogens with zero attached hydrogens (tertiary/aromatic N) is 1. The number of anilines is 1. The molecular formula is C12H12ClNO3. The second kappa shape index (κ2) is 4.75. The first-order valence-corrected chi connectivity index (χ1v) is 5.85. The number of hydrogen-bond acceptors (Lipinski definition) is 2. The number of alkyl halides is 1. The van der Waals surface area contributed by atoms with Crippen molar-refractivity contribution >= 4 is 29.2 Å². The minimum absolute atomic E-state index is 0.00168. The van der Waals surface area contributed by atoms with E-state index in [1.54, 1.807) is 17.0 Å². The molecule has 1 aliphatic heterocycles. The molecule has 1 aromatic rings. The Bertz CT molecular complexity index is 461. The largest absolute Gasteiger partial charge is 0.478 e. The van der Waals surface area contributed by atoms with Crippen molar-refractivity contribution in [2.45, 2.75) is 6.42 Å². The molecule has 2 rings (SSSR count). The van der Waals surface area contributed by atoms with Gasteiger partial charge in [0, 0.05) is 24.5 Å². The van der Waals surface area contributed by atoms with Gasteiger partial charge >= 0.3 is 5.97 Å². The molecule has 0 saturated carbocycles. The van der Waals surface area contributed by atoms with Gasteiger partial charge in [0.15, 0.2) is 0 Å². The Balaban J connectivity index is 2.25. The smallest absolute Gasteiger partial charge is 0.335 e. The number of halogens is 1. The highest BCUT2D eigenvalue weighted by atomic mass is 35.5. The van der Waals surface area contributed by atoms with Crippen molar-refractivity contribution in [3.8, 4) is 0 Å². The van der Waals surface area contributed by atoms with Gasteiger partial charge in [0.2, 0.25) is 5.91 Å². The van der Waals surface area contributed by atoms with Crippen LogP contribution in [-0.2, 0) is 4.79 Å². The van der Waals surface area contributed by atoms with Crippen LogP contribution < -0.4 is 4.90 Å². The Labute approximate surface area is 104 Å². The van der Waals surface area contributed by atoms with E-state index in [9.17, 15) is 9.59 Å². The predicted octanol–water partition coefficient (Wildman–Crippen LogP) is 1.98. The zero-order valence-corrected chi connectivity index (χ0v) is 9.85. The third kappa shape index (κ3) is 2.42. The summed E-state index contributed by atoms with van der Waals surface area (Å²) in [4.78, 5) is 24.2. The number of carboxylic acids is 1. The van der Waals surface area contributed by atoms with Crippen molar-refractivity contribution in [1.82, 2.24) is 0 Å². The molecular weight excluding hydrogens is 242 g/mol. The number of amides is 1. The van der Waals surface area contributed by atoms with E-state index in [0.29, 0.717) is 24.5 Å². The van der Waals surface area contributed by atoms with Gasteiger partial charge in [-0.05, 0) is 24.1 Å². The van der Waals surface area contributed by atoms with E-state index in [1.807, 2.05) is 0 Å². The molecule has 1 fully saturated rings. The summed E-state index contributed by atoms with van der Waals surface area (Å²) in [7, 11) is 0. The zero-order chi connectivity index (χ0) is 12.4. The topological polar surface area (TPSA) is 57.6 Å². The van der Waals surface area contributed by atoms with Gasteiger partial charge in [-0.1, -0.05) is 6.07 Å². The third-order valence-electron chi connectivity index (χ3n) is 2.83. The normalized spacial score (nSPS) is 19.7. The van der Waals surface area contributed by atoms with Gasteiger partial charge < -0.3 is 10.0 Å². The first kappa shape index (κ1) is 11.9. The molecule has 17 heavy (non-hydrogen) atoms. The summed E-state index contributed by atoms with van der Waals surface area (Å²) < 4.78 is 0. The molecule has 4 nitrogen and oxygen atoms in total. The predicted molar refractivity (Wildman–Crippen MR) is 64.6 cm³/mol. The Morgan fingerprint density at radius 3 is 2.88 bits per heavy atom. The van der Waals surface area contributed by atoms with E-state index in [1.165, 1.54) is 12.1 Å². The summed E-state index contributed by atoms with van der Waals surface area (Å²) in [6.45, 7) is 0.561. The fraction of sp³-hybridized carbons (Fsp3) is 0.333. The number of hydrogen-bond donors (Lipinski definition) is 1. The Kier molecular flexibility index (Phi) is 3.33. The maximum absolute atomic E-state index is 11.7. The quantitative estimate of drug-likeness (QED) is 0.838. The van der Waals surface area contributed by atoms with E-state index in [-0.39, 0.29) is 17.4 Å². The van der Waals surface area contributed by atoms with Crippen molar-refractivity contribution in [3.05, 3.63) is 29.8 Å².